The van der Waals surface area contributed by atoms with E-state index in [1.54, 1.807) is 18.3 Å². The van der Waals surface area contributed by atoms with Crippen molar-refractivity contribution in [2.24, 2.45) is 0 Å². The molecule has 138 valence electrons. The molecular weight excluding hydrogens is 423 g/mol. The quantitative estimate of drug-likeness (QED) is 0.441. The highest BCUT2D eigenvalue weighted by Crippen LogP contribution is 2.49. The van der Waals surface area contributed by atoms with Crippen LogP contribution in [0.2, 0.25) is 0 Å². The van der Waals surface area contributed by atoms with Crippen molar-refractivity contribution >= 4 is 38.3 Å². The number of nitrogens with zero attached hydrogens (tertiary/aromatic N) is 1. The summed E-state index contributed by atoms with van der Waals surface area (Å²) in [6, 6.07) is 18.6. The molecule has 28 heavy (non-hydrogen) atoms. The average molecular weight is 437 g/mol. The van der Waals surface area contributed by atoms with E-state index < -0.39 is 11.4 Å². The first-order valence-corrected chi connectivity index (χ1v) is 9.49. The van der Waals surface area contributed by atoms with Crippen LogP contribution in [0.25, 0.3) is 10.9 Å². The molecule has 0 unspecified atom stereocenters. The minimum Gasteiger partial charge on any atom is -0.361 e. The van der Waals surface area contributed by atoms with Crippen LogP contribution in [0.1, 0.15) is 21.5 Å². The minimum atomic E-state index is -1.51. The fourth-order valence-corrected chi connectivity index (χ4v) is 4.43. The normalized spacial score (nSPS) is 18.7. The maximum atomic E-state index is 13.9. The van der Waals surface area contributed by atoms with Gasteiger partial charge < -0.3 is 4.98 Å². The van der Waals surface area contributed by atoms with Crippen LogP contribution < -0.4 is 5.06 Å². The highest BCUT2D eigenvalue weighted by molar-refractivity contribution is 9.10. The van der Waals surface area contributed by atoms with Crippen molar-refractivity contribution in [1.29, 1.82) is 0 Å². The highest BCUT2D eigenvalue weighted by atomic mass is 79.9. The van der Waals surface area contributed by atoms with Crippen LogP contribution in [0.3, 0.4) is 0 Å². The first-order valence-electron chi connectivity index (χ1n) is 8.69. The second kappa shape index (κ2) is 6.02. The maximum Gasteiger partial charge on any atom is 0.202 e. The number of anilines is 1. The molecule has 5 rings (SSSR count). The number of fused-ring (bicyclic) bond motifs is 2. The summed E-state index contributed by atoms with van der Waals surface area (Å²) in [4.78, 5) is 16.9. The molecule has 0 spiro atoms. The van der Waals surface area contributed by atoms with Gasteiger partial charge in [0.2, 0.25) is 5.78 Å². The number of H-pyrrole nitrogens is 1. The van der Waals surface area contributed by atoms with E-state index in [0.717, 1.165) is 20.4 Å². The molecule has 1 aliphatic rings. The largest absolute Gasteiger partial charge is 0.361 e. The maximum absolute atomic E-state index is 13.9. The monoisotopic (exact) mass is 436 g/mol. The van der Waals surface area contributed by atoms with Crippen molar-refractivity contribution in [2.75, 3.05) is 5.06 Å². The molecule has 0 aliphatic carbocycles. The number of carbonyl (C=O) groups excluding carboxylic acids is 1. The van der Waals surface area contributed by atoms with Gasteiger partial charge in [-0.25, -0.2) is 9.45 Å². The molecule has 3 aromatic carbocycles. The fraction of sp³-hybridized carbons (Fsp3) is 0.0455. The Morgan fingerprint density at radius 1 is 1.04 bits per heavy atom. The average Bonchev–Trinajstić information content (AvgIpc) is 3.20. The summed E-state index contributed by atoms with van der Waals surface area (Å²) < 4.78 is 14.8. The molecule has 2 N–H and O–H groups in total. The van der Waals surface area contributed by atoms with Gasteiger partial charge in [0.05, 0.1) is 5.69 Å². The summed E-state index contributed by atoms with van der Waals surface area (Å²) >= 11 is 3.45. The van der Waals surface area contributed by atoms with Gasteiger partial charge in [0.1, 0.15) is 5.82 Å². The third-order valence-corrected chi connectivity index (χ3v) is 5.80. The van der Waals surface area contributed by atoms with Crippen LogP contribution in [0.15, 0.2) is 77.4 Å². The predicted molar refractivity (Wildman–Crippen MR) is 108 cm³/mol. The number of hydroxylamine groups is 1. The zero-order valence-corrected chi connectivity index (χ0v) is 16.1. The third-order valence-electron chi connectivity index (χ3n) is 5.30. The Morgan fingerprint density at radius 2 is 1.82 bits per heavy atom. The summed E-state index contributed by atoms with van der Waals surface area (Å²) in [6.45, 7) is 0. The number of aromatic amines is 1. The lowest BCUT2D eigenvalue weighted by Gasteiger charge is -2.34. The molecule has 0 bridgehead atoms. The van der Waals surface area contributed by atoms with E-state index >= 15 is 0 Å². The topological polar surface area (TPSA) is 56.3 Å². The molecule has 0 fully saturated rings. The van der Waals surface area contributed by atoms with E-state index in [-0.39, 0.29) is 17.0 Å². The van der Waals surface area contributed by atoms with Crippen LogP contribution in [0, 0.1) is 5.82 Å². The number of aromatic nitrogens is 1. The highest BCUT2D eigenvalue weighted by Gasteiger charge is 2.55. The molecule has 1 aliphatic heterocycles. The summed E-state index contributed by atoms with van der Waals surface area (Å²) in [5, 5.41) is 13.0. The van der Waals surface area contributed by atoms with Crippen molar-refractivity contribution in [3.8, 4) is 0 Å². The van der Waals surface area contributed by atoms with Crippen molar-refractivity contribution < 1.29 is 14.4 Å². The van der Waals surface area contributed by atoms with E-state index in [1.165, 1.54) is 18.2 Å². The molecule has 1 aromatic heterocycles. The van der Waals surface area contributed by atoms with Gasteiger partial charge in [-0.2, -0.15) is 0 Å². The van der Waals surface area contributed by atoms with Crippen molar-refractivity contribution in [3.05, 3.63) is 99.9 Å². The Labute approximate surface area is 168 Å². The number of ketones is 1. The third kappa shape index (κ3) is 2.16. The van der Waals surface area contributed by atoms with Gasteiger partial charge in [0, 0.05) is 32.7 Å². The fourth-order valence-electron chi connectivity index (χ4n) is 4.07. The lowest BCUT2D eigenvalue weighted by molar-refractivity contribution is 0.0846. The molecule has 2 heterocycles. The smallest absolute Gasteiger partial charge is 0.202 e. The minimum absolute atomic E-state index is 0.151. The van der Waals surface area contributed by atoms with Gasteiger partial charge in [0.15, 0.2) is 5.54 Å². The van der Waals surface area contributed by atoms with E-state index in [4.69, 9.17) is 0 Å². The van der Waals surface area contributed by atoms with Gasteiger partial charge in [-0.3, -0.25) is 10.0 Å². The standard InChI is InChI=1S/C22H14BrFN2O2/c23-14-6-8-16-18(12-25-19(16)10-14)22(13-4-2-1-3-5-13)21(27)17-11-15(24)7-9-20(17)26(22)28/h1-12,25,28H/t22-/m0/s1. The van der Waals surface area contributed by atoms with E-state index in [0.29, 0.717) is 11.1 Å². The molecule has 0 amide bonds. The SMILES string of the molecule is O=C1c2cc(F)ccc2N(O)[C@@]1(c1ccccc1)c1c[nH]c2cc(Br)ccc12. The molecule has 1 atom stereocenters. The van der Waals surface area contributed by atoms with Crippen molar-refractivity contribution in [1.82, 2.24) is 4.98 Å². The number of halogens is 2. The summed E-state index contributed by atoms with van der Waals surface area (Å²) in [5.41, 5.74) is 0.944. The zero-order chi connectivity index (χ0) is 19.5. The Kier molecular flexibility index (Phi) is 3.69. The molecule has 4 aromatic rings. The van der Waals surface area contributed by atoms with Gasteiger partial charge in [-0.15, -0.1) is 0 Å². The van der Waals surface area contributed by atoms with E-state index in [1.807, 2.05) is 36.4 Å². The first kappa shape index (κ1) is 17.2. The molecule has 0 saturated carbocycles. The van der Waals surface area contributed by atoms with Gasteiger partial charge >= 0.3 is 0 Å². The van der Waals surface area contributed by atoms with Crippen LogP contribution in [-0.2, 0) is 5.54 Å². The summed E-state index contributed by atoms with van der Waals surface area (Å²) in [7, 11) is 0. The Hall–Kier alpha value is -2.96. The Balaban J connectivity index is 1.87. The predicted octanol–water partition coefficient (Wildman–Crippen LogP) is 5.41. The van der Waals surface area contributed by atoms with Crippen molar-refractivity contribution in [3.63, 3.8) is 0 Å². The van der Waals surface area contributed by atoms with Crippen LogP contribution in [0.4, 0.5) is 10.1 Å². The first-order chi connectivity index (χ1) is 13.5. The molecule has 0 saturated heterocycles. The molecule has 0 radical (unpaired) electrons. The van der Waals surface area contributed by atoms with Crippen LogP contribution >= 0.6 is 15.9 Å². The number of Topliss-reactive ketones (excluding diaryl/α,β-unsaturated/α-hetero) is 1. The zero-order valence-electron chi connectivity index (χ0n) is 14.5. The number of rotatable bonds is 2. The van der Waals surface area contributed by atoms with Gasteiger partial charge in [0.25, 0.3) is 0 Å². The lowest BCUT2D eigenvalue weighted by Crippen LogP contribution is -2.47. The summed E-state index contributed by atoms with van der Waals surface area (Å²) in [6.07, 6.45) is 1.73. The van der Waals surface area contributed by atoms with Crippen LogP contribution in [-0.4, -0.2) is 16.0 Å². The number of benzene rings is 3. The number of hydrogen-bond acceptors (Lipinski definition) is 3. The molecular formula is C22H14BrFN2O2. The molecule has 4 nitrogen and oxygen atoms in total. The lowest BCUT2D eigenvalue weighted by atomic mass is 9.79. The number of hydrogen-bond donors (Lipinski definition) is 2. The van der Waals surface area contributed by atoms with Gasteiger partial charge in [-0.1, -0.05) is 52.3 Å². The summed E-state index contributed by atoms with van der Waals surface area (Å²) in [5.74, 6) is -0.897. The number of nitrogens with one attached hydrogen (secondary N) is 1. The number of carbonyl (C=O) groups is 1. The van der Waals surface area contributed by atoms with Gasteiger partial charge in [-0.05, 0) is 35.9 Å². The Morgan fingerprint density at radius 3 is 2.61 bits per heavy atom. The van der Waals surface area contributed by atoms with Crippen LogP contribution in [0.5, 0.6) is 0 Å². The van der Waals surface area contributed by atoms with E-state index in [9.17, 15) is 14.4 Å². The van der Waals surface area contributed by atoms with E-state index in [2.05, 4.69) is 20.9 Å². The van der Waals surface area contributed by atoms with Crippen molar-refractivity contribution in [2.45, 2.75) is 5.54 Å². The molecule has 6 heteroatoms. The second-order valence-electron chi connectivity index (χ2n) is 6.77. The second-order valence-corrected chi connectivity index (χ2v) is 7.69. The Bertz CT molecular complexity index is 1240.